The van der Waals surface area contributed by atoms with Crippen molar-refractivity contribution >= 4 is 5.97 Å². The summed E-state index contributed by atoms with van der Waals surface area (Å²) in [6.45, 7) is 2.49. The Morgan fingerprint density at radius 2 is 2.21 bits per heavy atom. The van der Waals surface area contributed by atoms with E-state index in [2.05, 4.69) is 12.1 Å². The number of carbonyl (C=O) groups is 1. The van der Waals surface area contributed by atoms with Gasteiger partial charge in [0.05, 0.1) is 6.61 Å². The summed E-state index contributed by atoms with van der Waals surface area (Å²) in [5.41, 5.74) is 1.07. The minimum Gasteiger partial charge on any atom is -0.493 e. The van der Waals surface area contributed by atoms with Gasteiger partial charge in [0.1, 0.15) is 11.5 Å². The molecule has 0 aliphatic heterocycles. The lowest BCUT2D eigenvalue weighted by Gasteiger charge is -2.08. The highest BCUT2D eigenvalue weighted by atomic mass is 16.5. The van der Waals surface area contributed by atoms with E-state index in [1.807, 2.05) is 24.3 Å². The maximum absolute atomic E-state index is 10.6. The number of ether oxygens (including phenoxy) is 1. The van der Waals surface area contributed by atoms with Crippen molar-refractivity contribution in [3.8, 4) is 5.75 Å². The Morgan fingerprint density at radius 3 is 2.89 bits per heavy atom. The first-order valence-corrected chi connectivity index (χ1v) is 6.10. The fraction of sp³-hybridized carbons (Fsp3) is 0.286. The smallest absolute Gasteiger partial charge is 0.358 e. The van der Waals surface area contributed by atoms with Crippen LogP contribution in [0.25, 0.3) is 0 Å². The Balaban J connectivity index is 1.90. The van der Waals surface area contributed by atoms with Gasteiger partial charge in [-0.15, -0.1) is 0 Å². The van der Waals surface area contributed by atoms with E-state index in [0.29, 0.717) is 18.8 Å². The number of rotatable bonds is 6. The van der Waals surface area contributed by atoms with Crippen molar-refractivity contribution in [3.05, 3.63) is 47.3 Å². The molecule has 0 spiro atoms. The van der Waals surface area contributed by atoms with Gasteiger partial charge in [-0.1, -0.05) is 30.3 Å². The molecule has 0 radical (unpaired) electrons. The van der Waals surface area contributed by atoms with Crippen LogP contribution < -0.4 is 4.74 Å². The van der Waals surface area contributed by atoms with Gasteiger partial charge in [0.25, 0.3) is 0 Å². The highest BCUT2D eigenvalue weighted by molar-refractivity contribution is 5.85. The maximum Gasteiger partial charge on any atom is 0.358 e. The number of hydrogen-bond donors (Lipinski definition) is 1. The molecule has 0 aliphatic carbocycles. The minimum absolute atomic E-state index is 0.0797. The molecular weight excluding hydrogens is 246 g/mol. The molecule has 0 saturated heterocycles. The van der Waals surface area contributed by atoms with Crippen molar-refractivity contribution in [2.24, 2.45) is 0 Å². The lowest BCUT2D eigenvalue weighted by Crippen LogP contribution is -2.02. The van der Waals surface area contributed by atoms with E-state index in [4.69, 9.17) is 14.4 Å². The summed E-state index contributed by atoms with van der Waals surface area (Å²) in [6, 6.07) is 9.25. The van der Waals surface area contributed by atoms with Crippen LogP contribution in [0.4, 0.5) is 0 Å². The van der Waals surface area contributed by atoms with Gasteiger partial charge in [-0.2, -0.15) is 0 Å². The molecule has 100 valence electrons. The molecular formula is C14H15NO4. The van der Waals surface area contributed by atoms with Crippen LogP contribution in [-0.4, -0.2) is 22.8 Å². The van der Waals surface area contributed by atoms with Crippen LogP contribution in [0.1, 0.15) is 28.7 Å². The topological polar surface area (TPSA) is 72.6 Å². The predicted molar refractivity (Wildman–Crippen MR) is 68.5 cm³/mol. The predicted octanol–water partition coefficient (Wildman–Crippen LogP) is 2.56. The quantitative estimate of drug-likeness (QED) is 0.865. The third-order valence-electron chi connectivity index (χ3n) is 2.74. The Bertz CT molecular complexity index is 562. The zero-order chi connectivity index (χ0) is 13.7. The Kier molecular flexibility index (Phi) is 4.18. The molecule has 0 amide bonds. The highest BCUT2D eigenvalue weighted by Crippen LogP contribution is 2.18. The van der Waals surface area contributed by atoms with Gasteiger partial charge in [-0.05, 0) is 18.1 Å². The van der Waals surface area contributed by atoms with Crippen LogP contribution in [0.15, 0.2) is 34.9 Å². The average Bonchev–Trinajstić information content (AvgIpc) is 2.88. The van der Waals surface area contributed by atoms with Crippen molar-refractivity contribution in [3.63, 3.8) is 0 Å². The van der Waals surface area contributed by atoms with E-state index < -0.39 is 5.97 Å². The highest BCUT2D eigenvalue weighted by Gasteiger charge is 2.10. The van der Waals surface area contributed by atoms with Gasteiger partial charge in [0, 0.05) is 12.5 Å². The lowest BCUT2D eigenvalue weighted by molar-refractivity contribution is 0.0685. The van der Waals surface area contributed by atoms with E-state index in [9.17, 15) is 4.79 Å². The van der Waals surface area contributed by atoms with Crippen molar-refractivity contribution in [2.45, 2.75) is 19.8 Å². The van der Waals surface area contributed by atoms with E-state index >= 15 is 0 Å². The van der Waals surface area contributed by atoms with Gasteiger partial charge >= 0.3 is 5.97 Å². The van der Waals surface area contributed by atoms with Crippen molar-refractivity contribution < 1.29 is 19.2 Å². The van der Waals surface area contributed by atoms with E-state index in [-0.39, 0.29) is 5.69 Å². The molecule has 0 atom stereocenters. The van der Waals surface area contributed by atoms with Crippen molar-refractivity contribution in [1.29, 1.82) is 0 Å². The normalized spacial score (nSPS) is 10.4. The lowest BCUT2D eigenvalue weighted by atomic mass is 10.1. The average molecular weight is 261 g/mol. The number of aromatic carboxylic acids is 1. The fourth-order valence-corrected chi connectivity index (χ4v) is 1.73. The van der Waals surface area contributed by atoms with Crippen molar-refractivity contribution in [1.82, 2.24) is 5.16 Å². The number of carboxylic acid groups (broad SMARTS) is 1. The first-order chi connectivity index (χ1) is 9.20. The summed E-state index contributed by atoms with van der Waals surface area (Å²) in [4.78, 5) is 10.6. The molecule has 19 heavy (non-hydrogen) atoms. The van der Waals surface area contributed by atoms with Gasteiger partial charge in [-0.25, -0.2) is 4.79 Å². The Hall–Kier alpha value is -2.30. The second kappa shape index (κ2) is 6.04. The molecule has 1 N–H and O–H groups in total. The molecule has 1 aromatic heterocycles. The first kappa shape index (κ1) is 13.1. The molecule has 0 fully saturated rings. The monoisotopic (exact) mass is 261 g/mol. The summed E-state index contributed by atoms with van der Waals surface area (Å²) in [5.74, 6) is 0.265. The summed E-state index contributed by atoms with van der Waals surface area (Å²) in [5, 5.41) is 12.2. The maximum atomic E-state index is 10.6. The second-order valence-electron chi connectivity index (χ2n) is 4.04. The molecule has 2 rings (SSSR count). The summed E-state index contributed by atoms with van der Waals surface area (Å²) < 4.78 is 10.6. The zero-order valence-electron chi connectivity index (χ0n) is 10.6. The summed E-state index contributed by atoms with van der Waals surface area (Å²) in [6.07, 6.45) is 1.39. The van der Waals surface area contributed by atoms with E-state index in [1.54, 1.807) is 0 Å². The molecule has 1 heterocycles. The number of para-hydroxylation sites is 1. The summed E-state index contributed by atoms with van der Waals surface area (Å²) in [7, 11) is 0. The van der Waals surface area contributed by atoms with Crippen LogP contribution in [0.5, 0.6) is 5.75 Å². The first-order valence-electron chi connectivity index (χ1n) is 6.10. The summed E-state index contributed by atoms with van der Waals surface area (Å²) >= 11 is 0. The van der Waals surface area contributed by atoms with E-state index in [1.165, 1.54) is 6.07 Å². The number of benzene rings is 1. The number of hydrogen-bond acceptors (Lipinski definition) is 4. The van der Waals surface area contributed by atoms with Crippen LogP contribution in [0, 0.1) is 0 Å². The van der Waals surface area contributed by atoms with Gasteiger partial charge in [0.15, 0.2) is 5.69 Å². The molecule has 0 aliphatic rings. The Labute approximate surface area is 110 Å². The van der Waals surface area contributed by atoms with Crippen LogP contribution in [0.3, 0.4) is 0 Å². The molecule has 0 unspecified atom stereocenters. The third kappa shape index (κ3) is 3.34. The van der Waals surface area contributed by atoms with Crippen LogP contribution >= 0.6 is 0 Å². The number of carboxylic acids is 1. The van der Waals surface area contributed by atoms with Crippen molar-refractivity contribution in [2.75, 3.05) is 6.61 Å². The fourth-order valence-electron chi connectivity index (χ4n) is 1.73. The number of aryl methyl sites for hydroxylation is 1. The van der Waals surface area contributed by atoms with Crippen LogP contribution in [-0.2, 0) is 12.8 Å². The van der Waals surface area contributed by atoms with Gasteiger partial charge < -0.3 is 14.4 Å². The second-order valence-corrected chi connectivity index (χ2v) is 4.04. The van der Waals surface area contributed by atoms with E-state index in [0.717, 1.165) is 17.7 Å². The molecule has 0 bridgehead atoms. The zero-order valence-corrected chi connectivity index (χ0v) is 10.6. The SMILES string of the molecule is CCc1ccccc1OCCc1cc(C(=O)O)no1. The number of nitrogens with zero attached hydrogens (tertiary/aromatic N) is 1. The van der Waals surface area contributed by atoms with Gasteiger partial charge in [0.2, 0.25) is 0 Å². The minimum atomic E-state index is -1.09. The third-order valence-corrected chi connectivity index (χ3v) is 2.74. The van der Waals surface area contributed by atoms with Gasteiger partial charge in [-0.3, -0.25) is 0 Å². The molecule has 5 heteroatoms. The standard InChI is InChI=1S/C14H15NO4/c1-2-10-5-3-4-6-13(10)18-8-7-11-9-12(14(16)17)15-19-11/h3-6,9H,2,7-8H2,1H3,(H,16,17). The number of aromatic nitrogens is 1. The molecule has 2 aromatic rings. The molecule has 0 saturated carbocycles. The largest absolute Gasteiger partial charge is 0.493 e. The molecule has 1 aromatic carbocycles. The Morgan fingerprint density at radius 1 is 1.42 bits per heavy atom. The molecule has 5 nitrogen and oxygen atoms in total. The van der Waals surface area contributed by atoms with Crippen LogP contribution in [0.2, 0.25) is 0 Å².